The van der Waals surface area contributed by atoms with E-state index in [4.69, 9.17) is 11.6 Å². The Bertz CT molecular complexity index is 587. The molecule has 0 aromatic heterocycles. The Balaban J connectivity index is 2.28. The lowest BCUT2D eigenvalue weighted by atomic mass is 10.1. The highest BCUT2D eigenvalue weighted by Gasteiger charge is 2.06. The normalized spacial score (nSPS) is 10.2. The number of benzene rings is 2. The van der Waals surface area contributed by atoms with Crippen LogP contribution in [-0.4, -0.2) is 0 Å². The van der Waals surface area contributed by atoms with Gasteiger partial charge in [-0.05, 0) is 37.6 Å². The quantitative estimate of drug-likeness (QED) is 0.812. The van der Waals surface area contributed by atoms with Gasteiger partial charge in [0, 0.05) is 22.0 Å². The molecule has 0 bridgehead atoms. The highest BCUT2D eigenvalue weighted by atomic mass is 35.5. The predicted octanol–water partition coefficient (Wildman–Crippen LogP) is 5.04. The first-order valence-electron chi connectivity index (χ1n) is 5.86. The van der Waals surface area contributed by atoms with Crippen LogP contribution in [-0.2, 0) is 0 Å². The molecule has 2 aromatic rings. The third-order valence-electron chi connectivity index (χ3n) is 2.88. The molecule has 0 aliphatic heterocycles. The Morgan fingerprint density at radius 1 is 1.11 bits per heavy atom. The lowest BCUT2D eigenvalue weighted by Crippen LogP contribution is -2.00. The number of rotatable bonds is 3. The standard InChI is InChI=1S/C16H16ClN/c1-11-8-9-15(17)14(10-11)13(3)18-16-7-5-4-6-12(16)2/h4-10,18H,3H2,1-2H3. The van der Waals surface area contributed by atoms with E-state index in [0.29, 0.717) is 5.02 Å². The maximum atomic E-state index is 6.20. The van der Waals surface area contributed by atoms with Crippen LogP contribution in [0, 0.1) is 13.8 Å². The Morgan fingerprint density at radius 2 is 1.83 bits per heavy atom. The average Bonchev–Trinajstić information content (AvgIpc) is 2.35. The molecule has 0 heterocycles. The van der Waals surface area contributed by atoms with Gasteiger partial charge < -0.3 is 5.32 Å². The van der Waals surface area contributed by atoms with Gasteiger partial charge in [0.25, 0.3) is 0 Å². The second-order valence-electron chi connectivity index (χ2n) is 4.40. The van der Waals surface area contributed by atoms with Crippen molar-refractivity contribution in [3.63, 3.8) is 0 Å². The molecule has 0 aliphatic rings. The lowest BCUT2D eigenvalue weighted by molar-refractivity contribution is 1.41. The van der Waals surface area contributed by atoms with E-state index >= 15 is 0 Å². The van der Waals surface area contributed by atoms with E-state index in [0.717, 1.165) is 16.9 Å². The summed E-state index contributed by atoms with van der Waals surface area (Å²) in [5.74, 6) is 0. The maximum Gasteiger partial charge on any atom is 0.0499 e. The van der Waals surface area contributed by atoms with Crippen LogP contribution in [0.5, 0.6) is 0 Å². The molecule has 18 heavy (non-hydrogen) atoms. The van der Waals surface area contributed by atoms with Crippen LogP contribution in [0.25, 0.3) is 5.70 Å². The zero-order chi connectivity index (χ0) is 13.1. The fourth-order valence-electron chi connectivity index (χ4n) is 1.81. The van der Waals surface area contributed by atoms with Gasteiger partial charge in [0.05, 0.1) is 0 Å². The number of hydrogen-bond acceptors (Lipinski definition) is 1. The first-order valence-corrected chi connectivity index (χ1v) is 6.24. The smallest absolute Gasteiger partial charge is 0.0499 e. The molecule has 1 nitrogen and oxygen atoms in total. The van der Waals surface area contributed by atoms with Crippen LogP contribution in [0.2, 0.25) is 5.02 Å². The van der Waals surface area contributed by atoms with Gasteiger partial charge in [0.15, 0.2) is 0 Å². The molecule has 2 rings (SSSR count). The van der Waals surface area contributed by atoms with Crippen LogP contribution >= 0.6 is 11.6 Å². The van der Waals surface area contributed by atoms with Gasteiger partial charge in [-0.25, -0.2) is 0 Å². The van der Waals surface area contributed by atoms with E-state index in [-0.39, 0.29) is 0 Å². The minimum atomic E-state index is 0.715. The molecule has 0 saturated carbocycles. The van der Waals surface area contributed by atoms with Crippen LogP contribution in [0.1, 0.15) is 16.7 Å². The SMILES string of the molecule is C=C(Nc1ccccc1C)c1cc(C)ccc1Cl. The van der Waals surface area contributed by atoms with Gasteiger partial charge in [-0.1, -0.05) is 48.0 Å². The lowest BCUT2D eigenvalue weighted by Gasteiger charge is -2.13. The summed E-state index contributed by atoms with van der Waals surface area (Å²) in [6, 6.07) is 14.0. The van der Waals surface area contributed by atoms with Crippen molar-refractivity contribution in [3.8, 4) is 0 Å². The number of halogens is 1. The zero-order valence-corrected chi connectivity index (χ0v) is 11.4. The first kappa shape index (κ1) is 12.7. The summed E-state index contributed by atoms with van der Waals surface area (Å²) >= 11 is 6.20. The summed E-state index contributed by atoms with van der Waals surface area (Å²) in [4.78, 5) is 0. The molecule has 0 fully saturated rings. The van der Waals surface area contributed by atoms with Crippen LogP contribution in [0.15, 0.2) is 49.0 Å². The van der Waals surface area contributed by atoms with Crippen molar-refractivity contribution < 1.29 is 0 Å². The van der Waals surface area contributed by atoms with Gasteiger partial charge in [-0.3, -0.25) is 0 Å². The largest absolute Gasteiger partial charge is 0.355 e. The zero-order valence-electron chi connectivity index (χ0n) is 10.6. The van der Waals surface area contributed by atoms with E-state index in [1.54, 1.807) is 0 Å². The number of hydrogen-bond donors (Lipinski definition) is 1. The molecule has 1 N–H and O–H groups in total. The first-order chi connectivity index (χ1) is 8.58. The minimum absolute atomic E-state index is 0.715. The van der Waals surface area contributed by atoms with Crippen LogP contribution in [0.3, 0.4) is 0 Å². The second-order valence-corrected chi connectivity index (χ2v) is 4.81. The van der Waals surface area contributed by atoms with Crippen molar-refractivity contribution >= 4 is 23.0 Å². The molecule has 2 heteroatoms. The molecule has 0 unspecified atom stereocenters. The number of anilines is 1. The van der Waals surface area contributed by atoms with E-state index in [1.165, 1.54) is 11.1 Å². The van der Waals surface area contributed by atoms with E-state index < -0.39 is 0 Å². The summed E-state index contributed by atoms with van der Waals surface area (Å²) in [6.07, 6.45) is 0. The van der Waals surface area contributed by atoms with Crippen molar-refractivity contribution in [2.75, 3.05) is 5.32 Å². The number of nitrogens with one attached hydrogen (secondary N) is 1. The van der Waals surface area contributed by atoms with Crippen molar-refractivity contribution in [1.29, 1.82) is 0 Å². The number of para-hydroxylation sites is 1. The predicted molar refractivity (Wildman–Crippen MR) is 80.0 cm³/mol. The second kappa shape index (κ2) is 5.28. The summed E-state index contributed by atoms with van der Waals surface area (Å²) in [7, 11) is 0. The summed E-state index contributed by atoms with van der Waals surface area (Å²) in [5, 5.41) is 4.03. The third-order valence-corrected chi connectivity index (χ3v) is 3.21. The van der Waals surface area contributed by atoms with Crippen molar-refractivity contribution in [2.45, 2.75) is 13.8 Å². The minimum Gasteiger partial charge on any atom is -0.355 e. The van der Waals surface area contributed by atoms with Gasteiger partial charge in [-0.2, -0.15) is 0 Å². The van der Waals surface area contributed by atoms with Gasteiger partial charge in [0.1, 0.15) is 0 Å². The monoisotopic (exact) mass is 257 g/mol. The summed E-state index contributed by atoms with van der Waals surface area (Å²) in [5.41, 5.74) is 5.17. The molecule has 0 spiro atoms. The average molecular weight is 258 g/mol. The highest BCUT2D eigenvalue weighted by molar-refractivity contribution is 6.32. The Hall–Kier alpha value is -1.73. The number of aryl methyl sites for hydroxylation is 2. The van der Waals surface area contributed by atoms with Crippen LogP contribution < -0.4 is 5.32 Å². The molecule has 0 atom stereocenters. The van der Waals surface area contributed by atoms with Crippen molar-refractivity contribution in [2.24, 2.45) is 0 Å². The molecular weight excluding hydrogens is 242 g/mol. The van der Waals surface area contributed by atoms with E-state index in [1.807, 2.05) is 43.3 Å². The fraction of sp³-hybridized carbons (Fsp3) is 0.125. The van der Waals surface area contributed by atoms with Gasteiger partial charge in [-0.15, -0.1) is 0 Å². The van der Waals surface area contributed by atoms with Gasteiger partial charge >= 0.3 is 0 Å². The van der Waals surface area contributed by atoms with Crippen molar-refractivity contribution in [1.82, 2.24) is 0 Å². The third kappa shape index (κ3) is 2.74. The molecule has 0 amide bonds. The molecule has 92 valence electrons. The highest BCUT2D eigenvalue weighted by Crippen LogP contribution is 2.26. The summed E-state index contributed by atoms with van der Waals surface area (Å²) < 4.78 is 0. The Labute approximate surface area is 113 Å². The van der Waals surface area contributed by atoms with Crippen LogP contribution in [0.4, 0.5) is 5.69 Å². The Kier molecular flexibility index (Phi) is 3.73. The molecular formula is C16H16ClN. The topological polar surface area (TPSA) is 12.0 Å². The van der Waals surface area contributed by atoms with E-state index in [9.17, 15) is 0 Å². The van der Waals surface area contributed by atoms with E-state index in [2.05, 4.69) is 24.9 Å². The summed E-state index contributed by atoms with van der Waals surface area (Å²) in [6.45, 7) is 8.17. The molecule has 2 aromatic carbocycles. The Morgan fingerprint density at radius 3 is 2.56 bits per heavy atom. The molecule has 0 aliphatic carbocycles. The maximum absolute atomic E-state index is 6.20. The van der Waals surface area contributed by atoms with Gasteiger partial charge in [0.2, 0.25) is 0 Å². The van der Waals surface area contributed by atoms with Crippen molar-refractivity contribution in [3.05, 3.63) is 70.8 Å². The molecule has 0 radical (unpaired) electrons. The fourth-order valence-corrected chi connectivity index (χ4v) is 2.05. The molecule has 0 saturated heterocycles.